The first-order valence-electron chi connectivity index (χ1n) is 8.26. The molecule has 0 atom stereocenters. The molecule has 0 saturated carbocycles. The summed E-state index contributed by atoms with van der Waals surface area (Å²) in [6.07, 6.45) is 0.947. The molecule has 1 heterocycles. The van der Waals surface area contributed by atoms with Crippen LogP contribution < -0.4 is 0 Å². The Morgan fingerprint density at radius 2 is 1.81 bits per heavy atom. The number of carbonyl (C=O) groups excluding carboxylic acids is 1. The SMILES string of the molecule is CCCn1c(CN(C)C(=O)c2cc(Cl)ccc2Cl)nc2ccc(Cl)cc21. The number of carbonyl (C=O) groups is 1. The molecule has 0 saturated heterocycles. The normalized spacial score (nSPS) is 11.1. The van der Waals surface area contributed by atoms with Crippen LogP contribution in [0, 0.1) is 0 Å². The summed E-state index contributed by atoms with van der Waals surface area (Å²) in [7, 11) is 1.72. The van der Waals surface area contributed by atoms with E-state index in [9.17, 15) is 4.79 Å². The second kappa shape index (κ2) is 7.87. The number of nitrogens with zero attached hydrogens (tertiary/aromatic N) is 3. The molecule has 2 aromatic carbocycles. The first-order chi connectivity index (χ1) is 12.4. The summed E-state index contributed by atoms with van der Waals surface area (Å²) < 4.78 is 2.10. The maximum atomic E-state index is 12.8. The van der Waals surface area contributed by atoms with E-state index in [4.69, 9.17) is 34.8 Å². The van der Waals surface area contributed by atoms with Crippen molar-refractivity contribution in [2.75, 3.05) is 7.05 Å². The molecule has 3 rings (SSSR count). The number of aryl methyl sites for hydroxylation is 1. The van der Waals surface area contributed by atoms with E-state index < -0.39 is 0 Å². The fourth-order valence-electron chi connectivity index (χ4n) is 2.89. The number of imidazole rings is 1. The number of rotatable bonds is 5. The number of halogens is 3. The van der Waals surface area contributed by atoms with Gasteiger partial charge < -0.3 is 9.47 Å². The minimum Gasteiger partial charge on any atom is -0.334 e. The summed E-state index contributed by atoms with van der Waals surface area (Å²) in [5, 5.41) is 1.51. The monoisotopic (exact) mass is 409 g/mol. The maximum absolute atomic E-state index is 12.8. The summed E-state index contributed by atoms with van der Waals surface area (Å²) >= 11 is 18.3. The predicted molar refractivity (Wildman–Crippen MR) is 107 cm³/mol. The van der Waals surface area contributed by atoms with Crippen LogP contribution >= 0.6 is 34.8 Å². The molecule has 0 radical (unpaired) electrons. The Bertz CT molecular complexity index is 968. The van der Waals surface area contributed by atoms with E-state index in [-0.39, 0.29) is 5.91 Å². The lowest BCUT2D eigenvalue weighted by molar-refractivity contribution is 0.0780. The van der Waals surface area contributed by atoms with E-state index in [1.165, 1.54) is 0 Å². The Balaban J connectivity index is 1.93. The van der Waals surface area contributed by atoms with Crippen LogP contribution in [-0.4, -0.2) is 27.4 Å². The van der Waals surface area contributed by atoms with Crippen LogP contribution in [0.3, 0.4) is 0 Å². The third-order valence-electron chi connectivity index (χ3n) is 4.12. The van der Waals surface area contributed by atoms with Gasteiger partial charge in [0.05, 0.1) is 28.2 Å². The summed E-state index contributed by atoms with van der Waals surface area (Å²) in [6, 6.07) is 10.5. The van der Waals surface area contributed by atoms with E-state index in [2.05, 4.69) is 16.5 Å². The van der Waals surface area contributed by atoms with Crippen molar-refractivity contribution in [3.8, 4) is 0 Å². The van der Waals surface area contributed by atoms with Gasteiger partial charge in [-0.15, -0.1) is 0 Å². The molecule has 0 aliphatic carbocycles. The van der Waals surface area contributed by atoms with Gasteiger partial charge in [-0.3, -0.25) is 4.79 Å². The smallest absolute Gasteiger partial charge is 0.255 e. The highest BCUT2D eigenvalue weighted by Crippen LogP contribution is 2.24. The third-order valence-corrected chi connectivity index (χ3v) is 4.92. The van der Waals surface area contributed by atoms with Crippen LogP contribution in [-0.2, 0) is 13.1 Å². The molecule has 136 valence electrons. The van der Waals surface area contributed by atoms with Gasteiger partial charge in [-0.05, 0) is 42.8 Å². The minimum absolute atomic E-state index is 0.203. The van der Waals surface area contributed by atoms with Crippen molar-refractivity contribution in [3.05, 3.63) is 62.9 Å². The zero-order valence-corrected chi connectivity index (χ0v) is 16.7. The van der Waals surface area contributed by atoms with Gasteiger partial charge in [-0.1, -0.05) is 41.7 Å². The van der Waals surface area contributed by atoms with Crippen LogP contribution in [0.15, 0.2) is 36.4 Å². The van der Waals surface area contributed by atoms with E-state index >= 15 is 0 Å². The molecule has 0 spiro atoms. The molecule has 0 N–H and O–H groups in total. The first kappa shape index (κ1) is 19.0. The summed E-state index contributed by atoms with van der Waals surface area (Å²) in [4.78, 5) is 19.1. The number of amides is 1. The highest BCUT2D eigenvalue weighted by atomic mass is 35.5. The zero-order chi connectivity index (χ0) is 18.8. The van der Waals surface area contributed by atoms with Gasteiger partial charge in [0.2, 0.25) is 0 Å². The highest BCUT2D eigenvalue weighted by Gasteiger charge is 2.19. The van der Waals surface area contributed by atoms with Gasteiger partial charge in [-0.2, -0.15) is 0 Å². The summed E-state index contributed by atoms with van der Waals surface area (Å²) in [5.41, 5.74) is 2.21. The van der Waals surface area contributed by atoms with Crippen LogP contribution in [0.1, 0.15) is 29.5 Å². The molecule has 0 fully saturated rings. The lowest BCUT2D eigenvalue weighted by atomic mass is 10.2. The van der Waals surface area contributed by atoms with Crippen molar-refractivity contribution in [1.29, 1.82) is 0 Å². The number of benzene rings is 2. The molecule has 1 amide bonds. The Kier molecular flexibility index (Phi) is 5.76. The van der Waals surface area contributed by atoms with Gasteiger partial charge in [0.15, 0.2) is 0 Å². The van der Waals surface area contributed by atoms with Gasteiger partial charge in [0.1, 0.15) is 5.82 Å². The predicted octanol–water partition coefficient (Wildman–Crippen LogP) is 5.68. The van der Waals surface area contributed by atoms with Crippen LogP contribution in [0.5, 0.6) is 0 Å². The number of hydrogen-bond acceptors (Lipinski definition) is 2. The average molecular weight is 411 g/mol. The highest BCUT2D eigenvalue weighted by molar-refractivity contribution is 6.35. The topological polar surface area (TPSA) is 38.1 Å². The lowest BCUT2D eigenvalue weighted by Crippen LogP contribution is -2.28. The molecule has 4 nitrogen and oxygen atoms in total. The first-order valence-corrected chi connectivity index (χ1v) is 9.39. The van der Waals surface area contributed by atoms with Crippen molar-refractivity contribution in [2.45, 2.75) is 26.4 Å². The Labute approximate surface area is 167 Å². The van der Waals surface area contributed by atoms with Crippen LogP contribution in [0.2, 0.25) is 15.1 Å². The van der Waals surface area contributed by atoms with Crippen molar-refractivity contribution >= 4 is 51.7 Å². The minimum atomic E-state index is -0.203. The van der Waals surface area contributed by atoms with Gasteiger partial charge >= 0.3 is 0 Å². The van der Waals surface area contributed by atoms with Gasteiger partial charge in [-0.25, -0.2) is 4.98 Å². The van der Waals surface area contributed by atoms with Crippen molar-refractivity contribution in [1.82, 2.24) is 14.5 Å². The third kappa shape index (κ3) is 3.83. The fourth-order valence-corrected chi connectivity index (χ4v) is 3.43. The Morgan fingerprint density at radius 1 is 1.12 bits per heavy atom. The van der Waals surface area contributed by atoms with Gasteiger partial charge in [0.25, 0.3) is 5.91 Å². The lowest BCUT2D eigenvalue weighted by Gasteiger charge is -2.18. The van der Waals surface area contributed by atoms with E-state index in [0.717, 1.165) is 29.8 Å². The molecule has 0 aliphatic rings. The molecule has 0 aliphatic heterocycles. The number of hydrogen-bond donors (Lipinski definition) is 0. The summed E-state index contributed by atoms with van der Waals surface area (Å²) in [6.45, 7) is 3.25. The quantitative estimate of drug-likeness (QED) is 0.543. The molecule has 26 heavy (non-hydrogen) atoms. The molecule has 0 bridgehead atoms. The van der Waals surface area contributed by atoms with E-state index in [1.807, 2.05) is 18.2 Å². The standard InChI is InChI=1S/C19H18Cl3N3O/c1-3-8-25-17-10-13(21)5-7-16(17)23-18(25)11-24(2)19(26)14-9-12(20)4-6-15(14)22/h4-7,9-10H,3,8,11H2,1-2H3. The zero-order valence-electron chi connectivity index (χ0n) is 14.5. The number of fused-ring (bicyclic) bond motifs is 1. The van der Waals surface area contributed by atoms with Crippen molar-refractivity contribution in [3.63, 3.8) is 0 Å². The molecule has 0 unspecified atom stereocenters. The largest absolute Gasteiger partial charge is 0.334 e. The van der Waals surface area contributed by atoms with Crippen LogP contribution in [0.25, 0.3) is 11.0 Å². The van der Waals surface area contributed by atoms with Crippen molar-refractivity contribution < 1.29 is 4.79 Å². The molecular formula is C19H18Cl3N3O. The maximum Gasteiger partial charge on any atom is 0.255 e. The van der Waals surface area contributed by atoms with Crippen LogP contribution in [0.4, 0.5) is 0 Å². The van der Waals surface area contributed by atoms with E-state index in [1.54, 1.807) is 30.1 Å². The van der Waals surface area contributed by atoms with Gasteiger partial charge in [0, 0.05) is 23.6 Å². The second-order valence-corrected chi connectivity index (χ2v) is 7.38. The Morgan fingerprint density at radius 3 is 2.54 bits per heavy atom. The Hall–Kier alpha value is -1.75. The van der Waals surface area contributed by atoms with E-state index in [0.29, 0.717) is 27.2 Å². The fraction of sp³-hybridized carbons (Fsp3) is 0.263. The molecule has 3 aromatic rings. The molecular weight excluding hydrogens is 393 g/mol. The van der Waals surface area contributed by atoms with Crippen molar-refractivity contribution in [2.24, 2.45) is 0 Å². The summed E-state index contributed by atoms with van der Waals surface area (Å²) in [5.74, 6) is 0.601. The molecule has 1 aromatic heterocycles. The number of aromatic nitrogens is 2. The second-order valence-electron chi connectivity index (χ2n) is 6.10. The molecule has 7 heteroatoms. The average Bonchev–Trinajstić information content (AvgIpc) is 2.93.